The number of nitrogens with zero attached hydrogens (tertiary/aromatic N) is 4. The SMILES string of the molecule is CCOC(=O)c1cnn(C2CCN(c3cccc(C(=O)O)n3)CC2)c1. The van der Waals surface area contributed by atoms with Gasteiger partial charge in [-0.2, -0.15) is 5.10 Å². The summed E-state index contributed by atoms with van der Waals surface area (Å²) in [7, 11) is 0. The molecule has 8 nitrogen and oxygen atoms in total. The predicted octanol–water partition coefficient (Wildman–Crippen LogP) is 1.99. The number of carboxylic acid groups (broad SMARTS) is 1. The van der Waals surface area contributed by atoms with Crippen LogP contribution in [0.1, 0.15) is 46.7 Å². The number of esters is 1. The Balaban J connectivity index is 1.63. The Kier molecular flexibility index (Phi) is 4.97. The molecule has 0 bridgehead atoms. The van der Waals surface area contributed by atoms with Gasteiger partial charge >= 0.3 is 11.9 Å². The summed E-state index contributed by atoms with van der Waals surface area (Å²) in [6.07, 6.45) is 4.93. The van der Waals surface area contributed by atoms with Crippen LogP contribution in [0.15, 0.2) is 30.6 Å². The van der Waals surface area contributed by atoms with Crippen molar-refractivity contribution < 1.29 is 19.4 Å². The van der Waals surface area contributed by atoms with Crippen molar-refractivity contribution in [3.05, 3.63) is 41.9 Å². The van der Waals surface area contributed by atoms with E-state index in [1.165, 1.54) is 12.3 Å². The van der Waals surface area contributed by atoms with Crippen LogP contribution < -0.4 is 4.90 Å². The summed E-state index contributed by atoms with van der Waals surface area (Å²) in [4.78, 5) is 29.0. The molecular weight excluding hydrogens is 324 g/mol. The fourth-order valence-corrected chi connectivity index (χ4v) is 2.94. The minimum Gasteiger partial charge on any atom is -0.477 e. The van der Waals surface area contributed by atoms with E-state index in [2.05, 4.69) is 15.0 Å². The van der Waals surface area contributed by atoms with E-state index in [0.29, 0.717) is 18.0 Å². The molecule has 1 aliphatic rings. The molecule has 132 valence electrons. The molecule has 1 saturated heterocycles. The number of carboxylic acids is 1. The lowest BCUT2D eigenvalue weighted by molar-refractivity contribution is 0.0525. The molecule has 8 heteroatoms. The van der Waals surface area contributed by atoms with Crippen molar-refractivity contribution in [3.63, 3.8) is 0 Å². The first-order valence-electron chi connectivity index (χ1n) is 8.25. The van der Waals surface area contributed by atoms with Gasteiger partial charge in [0.05, 0.1) is 24.4 Å². The zero-order valence-electron chi connectivity index (χ0n) is 14.0. The van der Waals surface area contributed by atoms with E-state index in [9.17, 15) is 9.59 Å². The fraction of sp³-hybridized carbons (Fsp3) is 0.412. The van der Waals surface area contributed by atoms with E-state index in [4.69, 9.17) is 9.84 Å². The number of pyridine rings is 1. The van der Waals surface area contributed by atoms with Crippen molar-refractivity contribution in [1.29, 1.82) is 0 Å². The van der Waals surface area contributed by atoms with Crippen LogP contribution in [0.25, 0.3) is 0 Å². The Morgan fingerprint density at radius 1 is 1.32 bits per heavy atom. The van der Waals surface area contributed by atoms with Gasteiger partial charge in [-0.25, -0.2) is 14.6 Å². The normalized spacial score (nSPS) is 15.2. The number of hydrogen-bond acceptors (Lipinski definition) is 6. The number of ether oxygens (including phenoxy) is 1. The second-order valence-corrected chi connectivity index (χ2v) is 5.83. The summed E-state index contributed by atoms with van der Waals surface area (Å²) in [5, 5.41) is 13.3. The van der Waals surface area contributed by atoms with Gasteiger partial charge in [0.1, 0.15) is 5.82 Å². The van der Waals surface area contributed by atoms with Gasteiger partial charge in [-0.15, -0.1) is 0 Å². The van der Waals surface area contributed by atoms with E-state index < -0.39 is 5.97 Å². The molecule has 0 saturated carbocycles. The highest BCUT2D eigenvalue weighted by Gasteiger charge is 2.23. The largest absolute Gasteiger partial charge is 0.477 e. The molecule has 25 heavy (non-hydrogen) atoms. The molecular formula is C17H20N4O4. The Morgan fingerprint density at radius 2 is 2.08 bits per heavy atom. The van der Waals surface area contributed by atoms with Crippen LogP contribution in [0.2, 0.25) is 0 Å². The molecule has 1 fully saturated rings. The van der Waals surface area contributed by atoms with Crippen LogP contribution in [0.5, 0.6) is 0 Å². The average Bonchev–Trinajstić information content (AvgIpc) is 3.12. The van der Waals surface area contributed by atoms with Gasteiger partial charge in [0.25, 0.3) is 0 Å². The number of rotatable bonds is 5. The molecule has 3 rings (SSSR count). The van der Waals surface area contributed by atoms with Crippen molar-refractivity contribution in [2.75, 3.05) is 24.6 Å². The first kappa shape index (κ1) is 16.9. The van der Waals surface area contributed by atoms with E-state index in [1.807, 2.05) is 10.7 Å². The molecule has 0 radical (unpaired) electrons. The van der Waals surface area contributed by atoms with E-state index in [-0.39, 0.29) is 17.7 Å². The van der Waals surface area contributed by atoms with Gasteiger partial charge in [-0.05, 0) is 31.9 Å². The molecule has 2 aromatic rings. The van der Waals surface area contributed by atoms with Crippen LogP contribution in [-0.2, 0) is 4.74 Å². The maximum absolute atomic E-state index is 11.7. The predicted molar refractivity (Wildman–Crippen MR) is 89.9 cm³/mol. The average molecular weight is 344 g/mol. The number of carbonyl (C=O) groups is 2. The highest BCUT2D eigenvalue weighted by molar-refractivity contribution is 5.88. The topological polar surface area (TPSA) is 97.6 Å². The maximum Gasteiger partial charge on any atom is 0.354 e. The lowest BCUT2D eigenvalue weighted by Gasteiger charge is -2.32. The summed E-state index contributed by atoms with van der Waals surface area (Å²) >= 11 is 0. The summed E-state index contributed by atoms with van der Waals surface area (Å²) in [6, 6.07) is 5.21. The Morgan fingerprint density at radius 3 is 2.76 bits per heavy atom. The van der Waals surface area contributed by atoms with Crippen molar-refractivity contribution in [3.8, 4) is 0 Å². The minimum atomic E-state index is -1.03. The Labute approximate surface area is 145 Å². The Bertz CT molecular complexity index is 766. The standard InChI is InChI=1S/C17H20N4O4/c1-2-25-17(24)12-10-18-21(11-12)13-6-8-20(9-7-13)15-5-3-4-14(19-15)16(22)23/h3-5,10-11,13H,2,6-9H2,1H3,(H,22,23). The molecule has 3 heterocycles. The molecule has 0 aromatic carbocycles. The minimum absolute atomic E-state index is 0.0470. The first-order chi connectivity index (χ1) is 12.1. The lowest BCUT2D eigenvalue weighted by Crippen LogP contribution is -2.35. The zero-order chi connectivity index (χ0) is 17.8. The van der Waals surface area contributed by atoms with Crippen molar-refractivity contribution >= 4 is 17.8 Å². The quantitative estimate of drug-likeness (QED) is 0.828. The highest BCUT2D eigenvalue weighted by Crippen LogP contribution is 2.25. The van der Waals surface area contributed by atoms with Gasteiger partial charge in [-0.1, -0.05) is 6.07 Å². The van der Waals surface area contributed by atoms with Crippen LogP contribution >= 0.6 is 0 Å². The summed E-state index contributed by atoms with van der Waals surface area (Å²) in [5.74, 6) is -0.716. The van der Waals surface area contributed by atoms with Crippen molar-refractivity contribution in [2.45, 2.75) is 25.8 Å². The number of hydrogen-bond donors (Lipinski definition) is 1. The van der Waals surface area contributed by atoms with Crippen molar-refractivity contribution in [1.82, 2.24) is 14.8 Å². The fourth-order valence-electron chi connectivity index (χ4n) is 2.94. The molecule has 2 aromatic heterocycles. The number of anilines is 1. The molecule has 0 amide bonds. The van der Waals surface area contributed by atoms with Gasteiger partial charge in [0, 0.05) is 19.3 Å². The van der Waals surface area contributed by atoms with Crippen LogP contribution in [0.4, 0.5) is 5.82 Å². The number of aromatic nitrogens is 3. The molecule has 0 atom stereocenters. The third-order valence-electron chi connectivity index (χ3n) is 4.23. The van der Waals surface area contributed by atoms with Gasteiger partial charge in [-0.3, -0.25) is 4.68 Å². The van der Waals surface area contributed by atoms with E-state index in [1.54, 1.807) is 19.2 Å². The zero-order valence-corrected chi connectivity index (χ0v) is 14.0. The number of piperidine rings is 1. The monoisotopic (exact) mass is 344 g/mol. The highest BCUT2D eigenvalue weighted by atomic mass is 16.5. The lowest BCUT2D eigenvalue weighted by atomic mass is 10.1. The first-order valence-corrected chi connectivity index (χ1v) is 8.25. The number of carbonyl (C=O) groups excluding carboxylic acids is 1. The van der Waals surface area contributed by atoms with E-state index in [0.717, 1.165) is 25.9 Å². The van der Waals surface area contributed by atoms with Crippen LogP contribution in [-0.4, -0.2) is 51.5 Å². The van der Waals surface area contributed by atoms with Gasteiger partial charge < -0.3 is 14.7 Å². The summed E-state index contributed by atoms with van der Waals surface area (Å²) in [6.45, 7) is 3.60. The maximum atomic E-state index is 11.7. The van der Waals surface area contributed by atoms with Crippen molar-refractivity contribution in [2.24, 2.45) is 0 Å². The second kappa shape index (κ2) is 7.33. The molecule has 1 aliphatic heterocycles. The van der Waals surface area contributed by atoms with Gasteiger partial charge in [0.15, 0.2) is 5.69 Å². The molecule has 0 unspecified atom stereocenters. The molecule has 0 spiro atoms. The van der Waals surface area contributed by atoms with Gasteiger partial charge in [0.2, 0.25) is 0 Å². The summed E-state index contributed by atoms with van der Waals surface area (Å²) in [5.41, 5.74) is 0.505. The second-order valence-electron chi connectivity index (χ2n) is 5.83. The third kappa shape index (κ3) is 3.78. The summed E-state index contributed by atoms with van der Waals surface area (Å²) < 4.78 is 6.79. The third-order valence-corrected chi connectivity index (χ3v) is 4.23. The van der Waals surface area contributed by atoms with Crippen LogP contribution in [0, 0.1) is 0 Å². The van der Waals surface area contributed by atoms with Crippen LogP contribution in [0.3, 0.4) is 0 Å². The number of aromatic carboxylic acids is 1. The molecule has 0 aliphatic carbocycles. The molecule has 1 N–H and O–H groups in total. The smallest absolute Gasteiger partial charge is 0.354 e. The Hall–Kier alpha value is -2.90. The van der Waals surface area contributed by atoms with E-state index >= 15 is 0 Å².